The van der Waals surface area contributed by atoms with Crippen molar-refractivity contribution in [1.29, 1.82) is 0 Å². The molecule has 2 heterocycles. The molecule has 1 amide bonds. The Hall–Kier alpha value is -3.32. The van der Waals surface area contributed by atoms with E-state index in [1.807, 2.05) is 45.0 Å². The van der Waals surface area contributed by atoms with Crippen LogP contribution in [0, 0.1) is 5.92 Å². The van der Waals surface area contributed by atoms with Crippen molar-refractivity contribution in [2.75, 3.05) is 18.0 Å². The van der Waals surface area contributed by atoms with Gasteiger partial charge >= 0.3 is 5.97 Å². The smallest absolute Gasteiger partial charge is 0.350 e. The van der Waals surface area contributed by atoms with Gasteiger partial charge in [0.1, 0.15) is 11.4 Å². The van der Waals surface area contributed by atoms with Crippen LogP contribution in [0.15, 0.2) is 66.0 Å². The highest BCUT2D eigenvalue weighted by atomic mass is 32.1. The molecule has 1 aliphatic heterocycles. The van der Waals surface area contributed by atoms with E-state index in [-0.39, 0.29) is 11.8 Å². The SMILES string of the molecule is CC(C)(C)OC(=O)C(C)(C)Oc1cccc(N2CCC[C@H](C(=O)N(Cc3ccc(-c4cccs4)cc3)C3CC3)C2)c1. The monoisotopic (exact) mass is 574 g/mol. The van der Waals surface area contributed by atoms with Crippen LogP contribution in [0.2, 0.25) is 0 Å². The molecular weight excluding hydrogens is 532 g/mol. The molecule has 2 aromatic carbocycles. The van der Waals surface area contributed by atoms with Crippen LogP contribution in [-0.2, 0) is 20.9 Å². The van der Waals surface area contributed by atoms with Gasteiger partial charge in [-0.15, -0.1) is 11.3 Å². The molecule has 2 fully saturated rings. The largest absolute Gasteiger partial charge is 0.476 e. The molecule has 3 aromatic rings. The van der Waals surface area contributed by atoms with Crippen LogP contribution in [0.1, 0.15) is 65.9 Å². The summed E-state index contributed by atoms with van der Waals surface area (Å²) >= 11 is 1.74. The lowest BCUT2D eigenvalue weighted by Crippen LogP contribution is -2.45. The van der Waals surface area contributed by atoms with E-state index in [1.165, 1.54) is 16.0 Å². The van der Waals surface area contributed by atoms with Crippen LogP contribution in [0.25, 0.3) is 10.4 Å². The third-order valence-corrected chi connectivity index (χ3v) is 8.52. The van der Waals surface area contributed by atoms with Crippen LogP contribution in [0.3, 0.4) is 0 Å². The fourth-order valence-electron chi connectivity index (χ4n) is 5.32. The molecular formula is C34H42N2O4S. The molecule has 1 aliphatic carbocycles. The molecule has 1 atom stereocenters. The van der Waals surface area contributed by atoms with Gasteiger partial charge in [-0.1, -0.05) is 36.4 Å². The maximum Gasteiger partial charge on any atom is 0.350 e. The number of anilines is 1. The van der Waals surface area contributed by atoms with Gasteiger partial charge in [-0.3, -0.25) is 4.79 Å². The number of benzene rings is 2. The van der Waals surface area contributed by atoms with Gasteiger partial charge in [0.15, 0.2) is 5.60 Å². The minimum atomic E-state index is -1.13. The minimum absolute atomic E-state index is 0.0440. The Kier molecular flexibility index (Phi) is 8.46. The molecule has 1 saturated carbocycles. The first-order valence-electron chi connectivity index (χ1n) is 14.7. The molecule has 0 bridgehead atoms. The first-order chi connectivity index (χ1) is 19.5. The molecule has 0 spiro atoms. The highest BCUT2D eigenvalue weighted by Gasteiger charge is 2.38. The molecule has 41 heavy (non-hydrogen) atoms. The molecule has 7 heteroatoms. The Balaban J connectivity index is 1.24. The van der Waals surface area contributed by atoms with Gasteiger partial charge in [-0.25, -0.2) is 4.79 Å². The van der Waals surface area contributed by atoms with E-state index < -0.39 is 17.2 Å². The van der Waals surface area contributed by atoms with Gasteiger partial charge in [-0.2, -0.15) is 0 Å². The van der Waals surface area contributed by atoms with E-state index in [2.05, 4.69) is 51.6 Å². The topological polar surface area (TPSA) is 59.1 Å². The number of thiophene rings is 1. The van der Waals surface area contributed by atoms with Crippen LogP contribution in [0.5, 0.6) is 5.75 Å². The molecule has 1 saturated heterocycles. The van der Waals surface area contributed by atoms with E-state index in [4.69, 9.17) is 9.47 Å². The number of amides is 1. The number of nitrogens with zero attached hydrogens (tertiary/aromatic N) is 2. The fraction of sp³-hybridized carbons (Fsp3) is 0.471. The predicted octanol–water partition coefficient (Wildman–Crippen LogP) is 7.32. The average molecular weight is 575 g/mol. The van der Waals surface area contributed by atoms with Gasteiger partial charge in [0.25, 0.3) is 0 Å². The summed E-state index contributed by atoms with van der Waals surface area (Å²) in [5.41, 5.74) is 1.69. The van der Waals surface area contributed by atoms with E-state index >= 15 is 0 Å². The maximum absolute atomic E-state index is 13.9. The first kappa shape index (κ1) is 29.2. The normalized spacial score (nSPS) is 17.7. The quantitative estimate of drug-likeness (QED) is 0.251. The number of hydrogen-bond donors (Lipinski definition) is 0. The van der Waals surface area contributed by atoms with E-state index in [0.29, 0.717) is 24.9 Å². The number of piperidine rings is 1. The minimum Gasteiger partial charge on any atom is -0.476 e. The van der Waals surface area contributed by atoms with Crippen molar-refractivity contribution in [2.45, 2.75) is 84.1 Å². The van der Waals surface area contributed by atoms with Crippen molar-refractivity contribution in [2.24, 2.45) is 5.92 Å². The predicted molar refractivity (Wildman–Crippen MR) is 165 cm³/mol. The molecule has 2 aliphatic rings. The molecule has 6 nitrogen and oxygen atoms in total. The van der Waals surface area contributed by atoms with Crippen molar-refractivity contribution in [3.63, 3.8) is 0 Å². The summed E-state index contributed by atoms with van der Waals surface area (Å²) in [7, 11) is 0. The van der Waals surface area contributed by atoms with Crippen molar-refractivity contribution < 1.29 is 19.1 Å². The van der Waals surface area contributed by atoms with Gasteiger partial charge in [0.05, 0.1) is 5.92 Å². The number of carbonyl (C=O) groups excluding carboxylic acids is 2. The number of hydrogen-bond acceptors (Lipinski definition) is 6. The molecule has 0 N–H and O–H groups in total. The molecule has 5 rings (SSSR count). The average Bonchev–Trinajstić information content (AvgIpc) is 3.63. The van der Waals surface area contributed by atoms with Crippen LogP contribution >= 0.6 is 11.3 Å². The van der Waals surface area contributed by atoms with Crippen LogP contribution < -0.4 is 9.64 Å². The van der Waals surface area contributed by atoms with E-state index in [1.54, 1.807) is 25.2 Å². The van der Waals surface area contributed by atoms with Gasteiger partial charge in [-0.05, 0) is 95.0 Å². The summed E-state index contributed by atoms with van der Waals surface area (Å²) in [4.78, 5) is 32.3. The Morgan fingerprint density at radius 1 is 0.976 bits per heavy atom. The number of rotatable bonds is 9. The summed E-state index contributed by atoms with van der Waals surface area (Å²) in [6, 6.07) is 21.0. The molecule has 1 aromatic heterocycles. The summed E-state index contributed by atoms with van der Waals surface area (Å²) in [6.45, 7) is 11.2. The maximum atomic E-state index is 13.9. The van der Waals surface area contributed by atoms with Crippen LogP contribution in [-0.4, -0.2) is 47.1 Å². The number of carbonyl (C=O) groups is 2. The Morgan fingerprint density at radius 2 is 1.73 bits per heavy atom. The zero-order chi connectivity index (χ0) is 29.2. The Bertz CT molecular complexity index is 1340. The summed E-state index contributed by atoms with van der Waals surface area (Å²) in [6.07, 6.45) is 4.03. The lowest BCUT2D eigenvalue weighted by Gasteiger charge is -2.37. The second kappa shape index (κ2) is 11.9. The Morgan fingerprint density at radius 3 is 2.39 bits per heavy atom. The third-order valence-electron chi connectivity index (χ3n) is 7.60. The second-order valence-corrected chi connectivity index (χ2v) is 13.7. The van der Waals surface area contributed by atoms with Crippen molar-refractivity contribution in [3.05, 3.63) is 71.6 Å². The van der Waals surface area contributed by atoms with Crippen molar-refractivity contribution in [1.82, 2.24) is 4.90 Å². The van der Waals surface area contributed by atoms with Gasteiger partial charge in [0.2, 0.25) is 5.91 Å². The van der Waals surface area contributed by atoms with Crippen LogP contribution in [0.4, 0.5) is 5.69 Å². The summed E-state index contributed by atoms with van der Waals surface area (Å²) in [5, 5.41) is 2.10. The number of ether oxygens (including phenoxy) is 2. The van der Waals surface area contributed by atoms with Gasteiger partial charge in [0, 0.05) is 42.3 Å². The molecule has 0 radical (unpaired) electrons. The van der Waals surface area contributed by atoms with Gasteiger partial charge < -0.3 is 19.3 Å². The lowest BCUT2D eigenvalue weighted by molar-refractivity contribution is -0.170. The summed E-state index contributed by atoms with van der Waals surface area (Å²) < 4.78 is 11.7. The van der Waals surface area contributed by atoms with Crippen molar-refractivity contribution in [3.8, 4) is 16.2 Å². The molecule has 0 unspecified atom stereocenters. The van der Waals surface area contributed by atoms with E-state index in [0.717, 1.165) is 37.9 Å². The Labute approximate surface area is 248 Å². The lowest BCUT2D eigenvalue weighted by atomic mass is 9.95. The van der Waals surface area contributed by atoms with E-state index in [9.17, 15) is 9.59 Å². The molecule has 218 valence electrons. The fourth-order valence-corrected chi connectivity index (χ4v) is 6.05. The highest BCUT2D eigenvalue weighted by molar-refractivity contribution is 7.13. The highest BCUT2D eigenvalue weighted by Crippen LogP contribution is 2.34. The zero-order valence-corrected chi connectivity index (χ0v) is 25.7. The third kappa shape index (κ3) is 7.50. The van der Waals surface area contributed by atoms with Crippen molar-refractivity contribution >= 4 is 28.9 Å². The summed E-state index contributed by atoms with van der Waals surface area (Å²) in [5.74, 6) is 0.424. The zero-order valence-electron chi connectivity index (χ0n) is 24.9. The second-order valence-electron chi connectivity index (χ2n) is 12.8. The number of esters is 1. The standard InChI is InChI=1S/C34H42N2O4S/c1-33(2,3)40-32(38)34(4,5)39-29-11-6-10-28(21-29)35-19-7-9-26(23-35)31(37)36(27-17-18-27)22-24-13-15-25(16-14-24)30-12-8-20-41-30/h6,8,10-16,20-21,26-27H,7,9,17-19,22-23H2,1-5H3/t26-/m0/s1. The first-order valence-corrected chi connectivity index (χ1v) is 15.6.